The Morgan fingerprint density at radius 1 is 0.419 bits per heavy atom. The summed E-state index contributed by atoms with van der Waals surface area (Å²) in [6, 6.07) is 44.3. The number of carbonyl (C=O) groups is 3. The number of benzene rings is 6. The number of amides is 3. The van der Waals surface area contributed by atoms with Crippen LogP contribution in [0.3, 0.4) is 0 Å². The zero-order valence-electron chi connectivity index (χ0n) is 59.2. The highest BCUT2D eigenvalue weighted by molar-refractivity contribution is 7.91. The second kappa shape index (κ2) is 38.0. The number of rotatable bonds is 22. The van der Waals surface area contributed by atoms with Crippen molar-refractivity contribution in [1.29, 1.82) is 0 Å². The van der Waals surface area contributed by atoms with Gasteiger partial charge in [0.15, 0.2) is 44.8 Å². The van der Waals surface area contributed by atoms with E-state index in [1.165, 1.54) is 86.5 Å². The predicted octanol–water partition coefficient (Wildman–Crippen LogP) is 11.9. The SMILES string of the molecule is COc1cc(/C=C/C(=O)NC(=S)Nc2ccc(S(=O)(=O)Cc3nc(C)cc(C)n3)cc2)ccc1C.COc1cc(CS(=O)(=O)c2ccc(NC(=S)NC(=O)/C=C/c3ccc(C(C)C)cc3)cc2)nc(C)n1.COc1cc(CS(=O)(=O)c2ccc(NC(=S)NC(=O)/C=C/c3ccc(C)cc3)cc2)nc(C)n1. The van der Waals surface area contributed by atoms with Crippen molar-refractivity contribution in [3.05, 3.63) is 250 Å². The van der Waals surface area contributed by atoms with E-state index >= 15 is 0 Å². The molecule has 3 aromatic heterocycles. The lowest BCUT2D eigenvalue weighted by Crippen LogP contribution is -2.32. The number of hydrogen-bond donors (Lipinski definition) is 6. The Balaban J connectivity index is 0.000000220. The molecule has 0 saturated heterocycles. The first kappa shape index (κ1) is 81.4. The van der Waals surface area contributed by atoms with Crippen LogP contribution in [0, 0.1) is 41.5 Å². The number of hydrogen-bond acceptors (Lipinski definition) is 21. The topological polar surface area (TPSA) is 331 Å². The maximum absolute atomic E-state index is 12.8. The number of carbonyl (C=O) groups excluding carboxylic acids is 3. The monoisotopic (exact) mass is 1530 g/mol. The fraction of sp³-hybridized carbons (Fsp3) is 0.200. The van der Waals surface area contributed by atoms with Gasteiger partial charge in [-0.15, -0.1) is 0 Å². The summed E-state index contributed by atoms with van der Waals surface area (Å²) >= 11 is 15.5. The number of aryl methyl sites for hydroxylation is 6. The molecule has 0 aliphatic heterocycles. The van der Waals surface area contributed by atoms with Crippen molar-refractivity contribution >= 4 is 135 Å². The third kappa shape index (κ3) is 26.7. The van der Waals surface area contributed by atoms with Gasteiger partial charge in [-0.1, -0.05) is 80.1 Å². The Kier molecular flexibility index (Phi) is 29.5. The minimum Gasteiger partial charge on any atom is -0.496 e. The smallest absolute Gasteiger partial charge is 0.250 e. The van der Waals surface area contributed by atoms with Crippen LogP contribution in [-0.2, 0) is 61.2 Å². The van der Waals surface area contributed by atoms with E-state index in [9.17, 15) is 39.6 Å². The molecule has 0 aliphatic rings. The summed E-state index contributed by atoms with van der Waals surface area (Å²) < 4.78 is 92.2. The van der Waals surface area contributed by atoms with Crippen molar-refractivity contribution in [2.75, 3.05) is 37.3 Å². The van der Waals surface area contributed by atoms with E-state index < -0.39 is 35.4 Å². The minimum absolute atomic E-state index is 0.0837. The van der Waals surface area contributed by atoms with E-state index in [0.29, 0.717) is 69.2 Å². The number of sulfone groups is 3. The molecule has 3 amide bonds. The number of methoxy groups -OCH3 is 3. The summed E-state index contributed by atoms with van der Waals surface area (Å²) in [6.45, 7) is 15.1. The third-order valence-corrected chi connectivity index (χ3v) is 20.3. The average molecular weight is 1530 g/mol. The van der Waals surface area contributed by atoms with Crippen LogP contribution in [0.1, 0.15) is 93.4 Å². The maximum atomic E-state index is 12.8. The van der Waals surface area contributed by atoms with Crippen molar-refractivity contribution in [1.82, 2.24) is 45.9 Å². The number of anilines is 3. The lowest BCUT2D eigenvalue weighted by atomic mass is 10.0. The van der Waals surface area contributed by atoms with Crippen molar-refractivity contribution in [3.63, 3.8) is 0 Å². The molecule has 6 aromatic carbocycles. The number of thiocarbonyl (C=S) groups is 3. The Hall–Kier alpha value is -10.9. The van der Waals surface area contributed by atoms with Gasteiger partial charge in [-0.2, -0.15) is 9.97 Å². The fourth-order valence-corrected chi connectivity index (χ4v) is 13.9. The van der Waals surface area contributed by atoms with Crippen LogP contribution < -0.4 is 46.1 Å². The molecule has 24 nitrogen and oxygen atoms in total. The lowest BCUT2D eigenvalue weighted by Gasteiger charge is -2.10. The van der Waals surface area contributed by atoms with Gasteiger partial charge >= 0.3 is 0 Å². The summed E-state index contributed by atoms with van der Waals surface area (Å²) in [4.78, 5) is 61.8. The molecule has 3 heterocycles. The minimum atomic E-state index is -3.65. The molecular formula is C75H78N12O12S6. The van der Waals surface area contributed by atoms with E-state index in [1.807, 2.05) is 80.6 Å². The zero-order chi connectivity index (χ0) is 76.6. The largest absolute Gasteiger partial charge is 0.496 e. The van der Waals surface area contributed by atoms with E-state index in [4.69, 9.17) is 50.9 Å². The molecule has 9 aromatic rings. The highest BCUT2D eigenvalue weighted by atomic mass is 32.2. The quantitative estimate of drug-likeness (QED) is 0.0271. The summed E-state index contributed by atoms with van der Waals surface area (Å²) in [5, 5.41) is 16.6. The molecule has 0 spiro atoms. The van der Waals surface area contributed by atoms with Gasteiger partial charge in [0, 0.05) is 58.8 Å². The van der Waals surface area contributed by atoms with Crippen LogP contribution in [-0.4, -0.2) is 110 Å². The second-order valence-corrected chi connectivity index (χ2v) is 30.8. The van der Waals surface area contributed by atoms with Crippen molar-refractivity contribution < 1.29 is 53.8 Å². The number of aromatic nitrogens is 6. The van der Waals surface area contributed by atoms with E-state index in [0.717, 1.165) is 33.6 Å². The van der Waals surface area contributed by atoms with Crippen LogP contribution in [0.5, 0.6) is 17.5 Å². The van der Waals surface area contributed by atoms with Crippen molar-refractivity contribution in [2.24, 2.45) is 0 Å². The lowest BCUT2D eigenvalue weighted by molar-refractivity contribution is -0.115. The molecule has 0 bridgehead atoms. The number of ether oxygens (including phenoxy) is 3. The molecular weight excluding hydrogens is 1450 g/mol. The van der Waals surface area contributed by atoms with E-state index in [-0.39, 0.29) is 64.9 Å². The van der Waals surface area contributed by atoms with Crippen LogP contribution >= 0.6 is 36.7 Å². The van der Waals surface area contributed by atoms with Crippen molar-refractivity contribution in [2.45, 2.75) is 93.3 Å². The number of nitrogens with zero attached hydrogens (tertiary/aromatic N) is 6. The summed E-state index contributed by atoms with van der Waals surface area (Å²) in [7, 11) is -6.41. The summed E-state index contributed by atoms with van der Waals surface area (Å²) in [6.07, 6.45) is 9.19. The van der Waals surface area contributed by atoms with Gasteiger partial charge in [0.2, 0.25) is 29.5 Å². The van der Waals surface area contributed by atoms with Gasteiger partial charge < -0.3 is 30.2 Å². The first-order valence-corrected chi connectivity index (χ1v) is 38.2. The Morgan fingerprint density at radius 3 is 1.13 bits per heavy atom. The van der Waals surface area contributed by atoms with Gasteiger partial charge in [0.05, 0.1) is 58.9 Å². The Bertz CT molecular complexity index is 5060. The maximum Gasteiger partial charge on any atom is 0.250 e. The highest BCUT2D eigenvalue weighted by Gasteiger charge is 2.21. The molecule has 546 valence electrons. The predicted molar refractivity (Wildman–Crippen MR) is 420 cm³/mol. The zero-order valence-corrected chi connectivity index (χ0v) is 64.1. The Morgan fingerprint density at radius 2 is 0.771 bits per heavy atom. The summed E-state index contributed by atoms with van der Waals surface area (Å²) in [5.74, 6) is 0.846. The molecule has 0 unspecified atom stereocenters. The van der Waals surface area contributed by atoms with Crippen LogP contribution in [0.4, 0.5) is 17.1 Å². The van der Waals surface area contributed by atoms with Crippen LogP contribution in [0.15, 0.2) is 191 Å². The molecule has 0 saturated carbocycles. The molecule has 30 heteroatoms. The van der Waals surface area contributed by atoms with Gasteiger partial charge in [-0.3, -0.25) is 30.3 Å². The number of nitrogens with one attached hydrogen (secondary N) is 6. The third-order valence-electron chi connectivity index (χ3n) is 14.7. The summed E-state index contributed by atoms with van der Waals surface area (Å²) in [5.41, 5.74) is 9.68. The van der Waals surface area contributed by atoms with Crippen molar-refractivity contribution in [3.8, 4) is 17.5 Å². The molecule has 0 aliphatic carbocycles. The van der Waals surface area contributed by atoms with Crippen LogP contribution in [0.25, 0.3) is 18.2 Å². The average Bonchev–Trinajstić information content (AvgIpc) is 0.831. The highest BCUT2D eigenvalue weighted by Crippen LogP contribution is 2.25. The van der Waals surface area contributed by atoms with Crippen LogP contribution in [0.2, 0.25) is 0 Å². The molecule has 0 fully saturated rings. The van der Waals surface area contributed by atoms with E-state index in [2.05, 4.69) is 75.7 Å². The fourth-order valence-electron chi connectivity index (χ4n) is 9.54. The van der Waals surface area contributed by atoms with Gasteiger partial charge in [-0.05, 0) is 215 Å². The van der Waals surface area contributed by atoms with E-state index in [1.54, 1.807) is 95.5 Å². The molecule has 9 rings (SSSR count). The molecule has 105 heavy (non-hydrogen) atoms. The molecule has 6 N–H and O–H groups in total. The van der Waals surface area contributed by atoms with Gasteiger partial charge in [0.25, 0.3) is 0 Å². The van der Waals surface area contributed by atoms with Gasteiger partial charge in [-0.25, -0.2) is 45.2 Å². The Labute approximate surface area is 627 Å². The van der Waals surface area contributed by atoms with Gasteiger partial charge in [0.1, 0.15) is 29.0 Å². The first-order valence-electron chi connectivity index (χ1n) is 32.0. The normalized spacial score (nSPS) is 11.4. The second-order valence-electron chi connectivity index (χ2n) is 23.6. The first-order chi connectivity index (χ1) is 49.7. The molecule has 0 atom stereocenters. The standard InChI is InChI=1S/C26H28N4O4S2.C25H26N4O4S2.C24H24N4O4S2/c1-17(2)20-8-5-19(6-9-20)7-14-24(31)30-26(35)29-21-10-12-23(13-11-21)36(32,33)16-22-15-25(34-4)28-18(3)27-22;1-16-5-6-19(14-22(16)33-4)7-12-24(30)29-25(34)28-20-8-10-21(11-9-20)35(31,32)15-23-26-17(2)13-18(3)27-23;1-16-4-6-18(7-5-16)8-13-22(29)28-24(33)27-19-9-11-21(12-10-19)34(30,31)15-20-14-23(32-3)26-17(2)25-20/h5-15,17H,16H2,1-4H3,(H2,29,30,31,35);5-14H,15H2,1-4H3,(H2,28,29,30,34);4-14H,15H2,1-3H3,(H2,27,28,29,33)/b14-7+;12-7+;13-8+. The molecule has 0 radical (unpaired) electrons.